The number of sulfonamides is 1. The van der Waals surface area contributed by atoms with Crippen LogP contribution in [0.3, 0.4) is 0 Å². The van der Waals surface area contributed by atoms with E-state index in [1.807, 2.05) is 61.5 Å². The standard InChI is InChI=1S/C36H38BrN3O4S/c1-27-16-18-29(19-17-27)25-39(34(24-28-10-4-2-5-11-28)36(42)38-31-12-8-9-13-31)35(41)26-40(32-22-20-30(37)21-23-32)45(43,44)33-14-6-3-7-15-33/h2-7,10-11,14-23,31,34H,8-9,12-13,24-26H2,1H3,(H,38,42)/t34-/m0/s1. The summed E-state index contributed by atoms with van der Waals surface area (Å²) in [6.45, 7) is 1.66. The van der Waals surface area contributed by atoms with Crippen LogP contribution in [0, 0.1) is 6.92 Å². The molecule has 1 fully saturated rings. The predicted octanol–water partition coefficient (Wildman–Crippen LogP) is 6.65. The van der Waals surface area contributed by atoms with Gasteiger partial charge in [0.25, 0.3) is 10.0 Å². The SMILES string of the molecule is Cc1ccc(CN(C(=O)CN(c2ccc(Br)cc2)S(=O)(=O)c2ccccc2)[C@@H](Cc2ccccc2)C(=O)NC2CCCC2)cc1. The highest BCUT2D eigenvalue weighted by Gasteiger charge is 2.35. The normalized spacial score (nSPS) is 14.1. The Morgan fingerprint density at radius 2 is 1.42 bits per heavy atom. The molecule has 0 heterocycles. The zero-order valence-electron chi connectivity index (χ0n) is 25.3. The second-order valence-corrected chi connectivity index (χ2v) is 14.3. The molecular weight excluding hydrogens is 650 g/mol. The summed E-state index contributed by atoms with van der Waals surface area (Å²) in [6, 6.07) is 31.5. The third-order valence-electron chi connectivity index (χ3n) is 8.17. The van der Waals surface area contributed by atoms with Crippen molar-refractivity contribution in [2.75, 3.05) is 10.8 Å². The predicted molar refractivity (Wildman–Crippen MR) is 181 cm³/mol. The molecular formula is C36H38BrN3O4S. The molecule has 0 spiro atoms. The van der Waals surface area contributed by atoms with E-state index in [2.05, 4.69) is 21.2 Å². The van der Waals surface area contributed by atoms with Crippen molar-refractivity contribution in [1.29, 1.82) is 0 Å². The maximum atomic E-state index is 14.5. The van der Waals surface area contributed by atoms with E-state index in [0.29, 0.717) is 12.1 Å². The molecule has 7 nitrogen and oxygen atoms in total. The van der Waals surface area contributed by atoms with Gasteiger partial charge in [-0.25, -0.2) is 8.42 Å². The Morgan fingerprint density at radius 1 is 0.822 bits per heavy atom. The van der Waals surface area contributed by atoms with Gasteiger partial charge in [0.05, 0.1) is 10.6 Å². The monoisotopic (exact) mass is 687 g/mol. The van der Waals surface area contributed by atoms with Crippen LogP contribution in [0.4, 0.5) is 5.69 Å². The van der Waals surface area contributed by atoms with Gasteiger partial charge in [-0.05, 0) is 67.3 Å². The van der Waals surface area contributed by atoms with Gasteiger partial charge in [0, 0.05) is 23.5 Å². The van der Waals surface area contributed by atoms with Crippen LogP contribution >= 0.6 is 15.9 Å². The summed E-state index contributed by atoms with van der Waals surface area (Å²) in [5, 5.41) is 3.21. The van der Waals surface area contributed by atoms with Crippen molar-refractivity contribution < 1.29 is 18.0 Å². The average molecular weight is 689 g/mol. The molecule has 0 aromatic heterocycles. The zero-order chi connectivity index (χ0) is 31.8. The fraction of sp³-hybridized carbons (Fsp3) is 0.278. The highest BCUT2D eigenvalue weighted by molar-refractivity contribution is 9.10. The summed E-state index contributed by atoms with van der Waals surface area (Å²) in [5.41, 5.74) is 3.18. The highest BCUT2D eigenvalue weighted by atomic mass is 79.9. The number of carbonyl (C=O) groups is 2. The van der Waals surface area contributed by atoms with Crippen molar-refractivity contribution in [3.8, 4) is 0 Å². The van der Waals surface area contributed by atoms with Crippen LogP contribution in [-0.2, 0) is 32.6 Å². The summed E-state index contributed by atoms with van der Waals surface area (Å²) in [7, 11) is -4.13. The third kappa shape index (κ3) is 8.41. The van der Waals surface area contributed by atoms with Gasteiger partial charge in [0.15, 0.2) is 0 Å². The highest BCUT2D eigenvalue weighted by Crippen LogP contribution is 2.27. The number of nitrogens with one attached hydrogen (secondary N) is 1. The molecule has 234 valence electrons. The first-order valence-electron chi connectivity index (χ1n) is 15.2. The van der Waals surface area contributed by atoms with Gasteiger partial charge in [0.2, 0.25) is 11.8 Å². The van der Waals surface area contributed by atoms with Gasteiger partial charge in [-0.1, -0.05) is 107 Å². The van der Waals surface area contributed by atoms with E-state index in [4.69, 9.17) is 0 Å². The second-order valence-electron chi connectivity index (χ2n) is 11.5. The van der Waals surface area contributed by atoms with Gasteiger partial charge in [-0.2, -0.15) is 0 Å². The van der Waals surface area contributed by atoms with Crippen molar-refractivity contribution in [2.24, 2.45) is 0 Å². The molecule has 0 aliphatic heterocycles. The maximum absolute atomic E-state index is 14.5. The number of aryl methyl sites for hydroxylation is 1. The smallest absolute Gasteiger partial charge is 0.264 e. The summed E-state index contributed by atoms with van der Waals surface area (Å²) in [5.74, 6) is -0.701. The van der Waals surface area contributed by atoms with Crippen LogP contribution in [0.5, 0.6) is 0 Å². The lowest BCUT2D eigenvalue weighted by Gasteiger charge is -2.34. The lowest BCUT2D eigenvalue weighted by atomic mass is 10.0. The van der Waals surface area contributed by atoms with E-state index in [0.717, 1.165) is 51.2 Å². The van der Waals surface area contributed by atoms with Gasteiger partial charge in [0.1, 0.15) is 12.6 Å². The lowest BCUT2D eigenvalue weighted by Crippen LogP contribution is -2.54. The molecule has 1 N–H and O–H groups in total. The van der Waals surface area contributed by atoms with Crippen LogP contribution < -0.4 is 9.62 Å². The van der Waals surface area contributed by atoms with Crippen LogP contribution in [0.1, 0.15) is 42.4 Å². The Labute approximate surface area is 274 Å². The fourth-order valence-electron chi connectivity index (χ4n) is 5.67. The molecule has 1 aliphatic rings. The minimum Gasteiger partial charge on any atom is -0.352 e. The number of carbonyl (C=O) groups excluding carboxylic acids is 2. The Balaban J connectivity index is 1.55. The number of anilines is 1. The fourth-order valence-corrected chi connectivity index (χ4v) is 7.37. The Hall–Kier alpha value is -3.95. The maximum Gasteiger partial charge on any atom is 0.264 e. The van der Waals surface area contributed by atoms with E-state index in [9.17, 15) is 18.0 Å². The summed E-state index contributed by atoms with van der Waals surface area (Å²) >= 11 is 3.42. The Morgan fingerprint density at radius 3 is 2.04 bits per heavy atom. The molecule has 4 aromatic carbocycles. The first-order valence-corrected chi connectivity index (χ1v) is 17.5. The molecule has 0 unspecified atom stereocenters. The molecule has 5 rings (SSSR count). The van der Waals surface area contributed by atoms with Crippen LogP contribution in [0.2, 0.25) is 0 Å². The third-order valence-corrected chi connectivity index (χ3v) is 10.5. The molecule has 2 amide bonds. The van der Waals surface area contributed by atoms with Gasteiger partial charge in [-0.15, -0.1) is 0 Å². The Bertz CT molecular complexity index is 1680. The first-order chi connectivity index (χ1) is 21.7. The van der Waals surface area contributed by atoms with Crippen LogP contribution in [-0.4, -0.2) is 43.8 Å². The average Bonchev–Trinajstić information content (AvgIpc) is 3.57. The van der Waals surface area contributed by atoms with Crippen LogP contribution in [0.25, 0.3) is 0 Å². The van der Waals surface area contributed by atoms with Crippen LogP contribution in [0.15, 0.2) is 119 Å². The molecule has 9 heteroatoms. The van der Waals surface area contributed by atoms with E-state index >= 15 is 0 Å². The topological polar surface area (TPSA) is 86.8 Å². The molecule has 1 saturated carbocycles. The minimum atomic E-state index is -4.13. The molecule has 0 bridgehead atoms. The second kappa shape index (κ2) is 14.9. The molecule has 1 aliphatic carbocycles. The number of hydrogen-bond donors (Lipinski definition) is 1. The number of nitrogens with zero attached hydrogens (tertiary/aromatic N) is 2. The quantitative estimate of drug-likeness (QED) is 0.181. The first kappa shape index (κ1) is 32.4. The summed E-state index contributed by atoms with van der Waals surface area (Å²) in [4.78, 5) is 30.2. The summed E-state index contributed by atoms with van der Waals surface area (Å²) in [6.07, 6.45) is 4.21. The number of amides is 2. The molecule has 45 heavy (non-hydrogen) atoms. The van der Waals surface area contributed by atoms with Gasteiger partial charge < -0.3 is 10.2 Å². The minimum absolute atomic E-state index is 0.0600. The molecule has 0 radical (unpaired) electrons. The summed E-state index contributed by atoms with van der Waals surface area (Å²) < 4.78 is 30.0. The lowest BCUT2D eigenvalue weighted by molar-refractivity contribution is -0.140. The number of benzene rings is 4. The molecule has 0 saturated heterocycles. The van der Waals surface area contributed by atoms with Crippen molar-refractivity contribution >= 4 is 43.5 Å². The zero-order valence-corrected chi connectivity index (χ0v) is 27.7. The number of rotatable bonds is 12. The van der Waals surface area contributed by atoms with E-state index in [1.165, 1.54) is 12.1 Å². The van der Waals surface area contributed by atoms with E-state index < -0.39 is 28.5 Å². The van der Waals surface area contributed by atoms with Gasteiger partial charge >= 0.3 is 0 Å². The molecule has 4 aromatic rings. The van der Waals surface area contributed by atoms with Gasteiger partial charge in [-0.3, -0.25) is 13.9 Å². The number of halogens is 1. The van der Waals surface area contributed by atoms with Crippen molar-refractivity contribution in [3.05, 3.63) is 130 Å². The van der Waals surface area contributed by atoms with Crippen molar-refractivity contribution in [2.45, 2.75) is 62.6 Å². The van der Waals surface area contributed by atoms with E-state index in [1.54, 1.807) is 47.4 Å². The molecule has 1 atom stereocenters. The Kier molecular flexibility index (Phi) is 10.7. The van der Waals surface area contributed by atoms with E-state index in [-0.39, 0.29) is 23.4 Å². The largest absolute Gasteiger partial charge is 0.352 e. The number of hydrogen-bond acceptors (Lipinski definition) is 4. The van der Waals surface area contributed by atoms with Crippen molar-refractivity contribution in [1.82, 2.24) is 10.2 Å². The van der Waals surface area contributed by atoms with Crippen molar-refractivity contribution in [3.63, 3.8) is 0 Å².